The van der Waals surface area contributed by atoms with Crippen LogP contribution < -0.4 is 16.0 Å². The Labute approximate surface area is 152 Å². The van der Waals surface area contributed by atoms with Crippen LogP contribution >= 0.6 is 0 Å². The zero-order chi connectivity index (χ0) is 19.1. The molecule has 0 aliphatic heterocycles. The number of aryl methyl sites for hydroxylation is 1. The van der Waals surface area contributed by atoms with Crippen molar-refractivity contribution in [3.63, 3.8) is 0 Å². The molecule has 0 aliphatic carbocycles. The molecule has 0 fully saturated rings. The number of hydrogen-bond donors (Lipinski definition) is 0. The normalized spacial score (nSPS) is 11.2. The average Bonchev–Trinajstić information content (AvgIpc) is 3.32. The van der Waals surface area contributed by atoms with Crippen molar-refractivity contribution in [2.24, 2.45) is 14.1 Å². The van der Waals surface area contributed by atoms with Crippen LogP contribution in [0.25, 0.3) is 22.6 Å². The average molecular weight is 368 g/mol. The van der Waals surface area contributed by atoms with E-state index < -0.39 is 11.2 Å². The van der Waals surface area contributed by atoms with Crippen LogP contribution in [0, 0.1) is 0 Å². The molecule has 10 nitrogen and oxygen atoms in total. The molecule has 4 rings (SSSR count). The Morgan fingerprint density at radius 3 is 2.78 bits per heavy atom. The van der Waals surface area contributed by atoms with E-state index in [9.17, 15) is 9.59 Å². The second kappa shape index (κ2) is 6.24. The second-order valence-electron chi connectivity index (χ2n) is 5.99. The van der Waals surface area contributed by atoms with Crippen molar-refractivity contribution in [2.75, 3.05) is 7.11 Å². The molecule has 0 saturated heterocycles. The van der Waals surface area contributed by atoms with E-state index in [0.29, 0.717) is 28.6 Å². The van der Waals surface area contributed by atoms with E-state index in [1.165, 1.54) is 17.9 Å². The molecule has 0 atom stereocenters. The molecule has 0 spiro atoms. The topological polar surface area (TPSA) is 110 Å². The van der Waals surface area contributed by atoms with Gasteiger partial charge in [-0.15, -0.1) is 0 Å². The minimum atomic E-state index is -0.434. The van der Waals surface area contributed by atoms with E-state index in [4.69, 9.17) is 9.26 Å². The van der Waals surface area contributed by atoms with Gasteiger partial charge in [-0.3, -0.25) is 13.9 Å². The summed E-state index contributed by atoms with van der Waals surface area (Å²) in [6.07, 6.45) is 1.47. The van der Waals surface area contributed by atoms with Crippen LogP contribution in [0.5, 0.6) is 5.75 Å². The Balaban J connectivity index is 1.73. The Kier molecular flexibility index (Phi) is 3.87. The van der Waals surface area contributed by atoms with Crippen LogP contribution in [0.1, 0.15) is 5.89 Å². The van der Waals surface area contributed by atoms with Crippen molar-refractivity contribution in [1.82, 2.24) is 28.8 Å². The number of imidazole rings is 1. The van der Waals surface area contributed by atoms with Crippen molar-refractivity contribution in [3.8, 4) is 17.1 Å². The molecule has 1 aromatic carbocycles. The molecule has 10 heteroatoms. The van der Waals surface area contributed by atoms with Crippen molar-refractivity contribution in [2.45, 2.75) is 6.54 Å². The fourth-order valence-electron chi connectivity index (χ4n) is 2.86. The fraction of sp³-hybridized carbons (Fsp3) is 0.235. The van der Waals surface area contributed by atoms with Gasteiger partial charge in [-0.05, 0) is 12.1 Å². The first-order valence-electron chi connectivity index (χ1n) is 8.07. The van der Waals surface area contributed by atoms with Crippen LogP contribution in [0.3, 0.4) is 0 Å². The molecule has 138 valence electrons. The highest BCUT2D eigenvalue weighted by molar-refractivity contribution is 5.70. The lowest BCUT2D eigenvalue weighted by atomic mass is 10.2. The van der Waals surface area contributed by atoms with Gasteiger partial charge in [0, 0.05) is 19.7 Å². The second-order valence-corrected chi connectivity index (χ2v) is 5.99. The molecule has 0 radical (unpaired) electrons. The zero-order valence-corrected chi connectivity index (χ0v) is 14.9. The molecule has 27 heavy (non-hydrogen) atoms. The largest absolute Gasteiger partial charge is 0.497 e. The van der Waals surface area contributed by atoms with Crippen LogP contribution in [-0.2, 0) is 20.6 Å². The molecule has 0 bridgehead atoms. The van der Waals surface area contributed by atoms with E-state index in [2.05, 4.69) is 15.1 Å². The Bertz CT molecular complexity index is 1260. The van der Waals surface area contributed by atoms with E-state index in [1.807, 2.05) is 18.2 Å². The number of fused-ring (bicyclic) bond motifs is 1. The van der Waals surface area contributed by atoms with Crippen molar-refractivity contribution in [3.05, 3.63) is 57.3 Å². The summed E-state index contributed by atoms with van der Waals surface area (Å²) in [6.45, 7) is 0.154. The first-order chi connectivity index (χ1) is 13.0. The summed E-state index contributed by atoms with van der Waals surface area (Å²) >= 11 is 0. The minimum absolute atomic E-state index is 0.154. The lowest BCUT2D eigenvalue weighted by Crippen LogP contribution is -2.37. The molecule has 0 amide bonds. The van der Waals surface area contributed by atoms with E-state index in [1.54, 1.807) is 24.8 Å². The Hall–Kier alpha value is -3.69. The third kappa shape index (κ3) is 2.71. The van der Waals surface area contributed by atoms with Crippen molar-refractivity contribution < 1.29 is 9.26 Å². The molecule has 3 aromatic heterocycles. The third-order valence-electron chi connectivity index (χ3n) is 4.32. The summed E-state index contributed by atoms with van der Waals surface area (Å²) < 4.78 is 14.5. The summed E-state index contributed by atoms with van der Waals surface area (Å²) in [4.78, 5) is 33.0. The maximum absolute atomic E-state index is 12.5. The highest BCUT2D eigenvalue weighted by Gasteiger charge is 2.17. The summed E-state index contributed by atoms with van der Waals surface area (Å²) in [5.74, 6) is 1.40. The fourth-order valence-corrected chi connectivity index (χ4v) is 2.86. The molecule has 4 aromatic rings. The van der Waals surface area contributed by atoms with Gasteiger partial charge in [0.25, 0.3) is 5.56 Å². The highest BCUT2D eigenvalue weighted by atomic mass is 16.5. The van der Waals surface area contributed by atoms with Crippen LogP contribution in [0.15, 0.2) is 44.7 Å². The predicted octanol–water partition coefficient (Wildman–Crippen LogP) is 0.541. The minimum Gasteiger partial charge on any atom is -0.497 e. The van der Waals surface area contributed by atoms with Crippen LogP contribution in [0.2, 0.25) is 0 Å². The maximum atomic E-state index is 12.5. The Morgan fingerprint density at radius 1 is 1.19 bits per heavy atom. The SMILES string of the molecule is COc1cccc(-c2noc(Cn3cnc4c3c(=O)n(C)c(=O)n4C)n2)c1. The molecule has 0 unspecified atom stereocenters. The summed E-state index contributed by atoms with van der Waals surface area (Å²) in [5, 5.41) is 3.98. The van der Waals surface area contributed by atoms with Gasteiger partial charge in [-0.25, -0.2) is 9.78 Å². The van der Waals surface area contributed by atoms with Gasteiger partial charge >= 0.3 is 5.69 Å². The quantitative estimate of drug-likeness (QED) is 0.517. The lowest BCUT2D eigenvalue weighted by Gasteiger charge is -2.04. The summed E-state index contributed by atoms with van der Waals surface area (Å²) in [5.41, 5.74) is 0.475. The Morgan fingerprint density at radius 2 is 2.00 bits per heavy atom. The zero-order valence-electron chi connectivity index (χ0n) is 14.9. The van der Waals surface area contributed by atoms with Crippen LogP contribution in [-0.4, -0.2) is 35.9 Å². The molecule has 0 N–H and O–H groups in total. The number of methoxy groups -OCH3 is 1. The maximum Gasteiger partial charge on any atom is 0.332 e. The standard InChI is InChI=1S/C17H16N6O4/c1-21-15-13(16(24)22(2)17(21)25)23(9-18-15)8-12-19-14(20-27-12)10-5-4-6-11(7-10)26-3/h4-7,9H,8H2,1-3H3. The van der Waals surface area contributed by atoms with Gasteiger partial charge in [0.15, 0.2) is 11.2 Å². The smallest absolute Gasteiger partial charge is 0.332 e. The van der Waals surface area contributed by atoms with E-state index in [0.717, 1.165) is 10.1 Å². The van der Waals surface area contributed by atoms with E-state index >= 15 is 0 Å². The number of hydrogen-bond acceptors (Lipinski definition) is 7. The molecule has 0 aliphatic rings. The summed E-state index contributed by atoms with van der Waals surface area (Å²) in [6, 6.07) is 7.29. The third-order valence-corrected chi connectivity index (χ3v) is 4.32. The van der Waals surface area contributed by atoms with Crippen molar-refractivity contribution in [1.29, 1.82) is 0 Å². The van der Waals surface area contributed by atoms with Gasteiger partial charge in [0.1, 0.15) is 12.3 Å². The molecule has 3 heterocycles. The van der Waals surface area contributed by atoms with Gasteiger partial charge < -0.3 is 13.8 Å². The van der Waals surface area contributed by atoms with E-state index in [-0.39, 0.29) is 6.54 Å². The van der Waals surface area contributed by atoms with Gasteiger partial charge in [0.2, 0.25) is 11.7 Å². The first kappa shape index (κ1) is 16.8. The first-order valence-corrected chi connectivity index (χ1v) is 8.07. The number of aromatic nitrogens is 6. The monoisotopic (exact) mass is 368 g/mol. The van der Waals surface area contributed by atoms with Crippen LogP contribution in [0.4, 0.5) is 0 Å². The molecular formula is C17H16N6O4. The predicted molar refractivity (Wildman–Crippen MR) is 95.6 cm³/mol. The number of rotatable bonds is 4. The van der Waals surface area contributed by atoms with Gasteiger partial charge in [-0.1, -0.05) is 17.3 Å². The number of nitrogens with zero attached hydrogens (tertiary/aromatic N) is 6. The number of benzene rings is 1. The number of ether oxygens (including phenoxy) is 1. The molecule has 0 saturated carbocycles. The van der Waals surface area contributed by atoms with Gasteiger partial charge in [0.05, 0.1) is 13.4 Å². The van der Waals surface area contributed by atoms with Gasteiger partial charge in [-0.2, -0.15) is 4.98 Å². The van der Waals surface area contributed by atoms with Crippen molar-refractivity contribution >= 4 is 11.2 Å². The lowest BCUT2D eigenvalue weighted by molar-refractivity contribution is 0.372. The summed E-state index contributed by atoms with van der Waals surface area (Å²) in [7, 11) is 4.57. The highest BCUT2D eigenvalue weighted by Crippen LogP contribution is 2.21. The molecular weight excluding hydrogens is 352 g/mol.